The third-order valence-corrected chi connectivity index (χ3v) is 4.55. The fourth-order valence-corrected chi connectivity index (χ4v) is 3.20. The predicted octanol–water partition coefficient (Wildman–Crippen LogP) is 4.04. The monoisotopic (exact) mass is 372 g/mol. The minimum absolute atomic E-state index is 0.225. The molecule has 0 radical (unpaired) electrons. The maximum atomic E-state index is 12.7. The van der Waals surface area contributed by atoms with E-state index in [9.17, 15) is 10.1 Å². The Balaban J connectivity index is 2.40. The van der Waals surface area contributed by atoms with Gasteiger partial charge in [0.15, 0.2) is 0 Å². The maximum Gasteiger partial charge on any atom is 0.259 e. The van der Waals surface area contributed by atoms with Crippen molar-refractivity contribution < 1.29 is 4.74 Å². The van der Waals surface area contributed by atoms with E-state index >= 15 is 0 Å². The summed E-state index contributed by atoms with van der Waals surface area (Å²) in [4.78, 5) is 12.7. The number of aromatic nitrogens is 1. The first-order chi connectivity index (χ1) is 13.5. The highest BCUT2D eigenvalue weighted by molar-refractivity contribution is 5.99. The van der Waals surface area contributed by atoms with Crippen molar-refractivity contribution in [1.82, 2.24) is 4.57 Å². The Bertz CT molecular complexity index is 1190. The zero-order chi connectivity index (χ0) is 20.3. The van der Waals surface area contributed by atoms with Crippen LogP contribution in [0.15, 0.2) is 64.6 Å². The van der Waals surface area contributed by atoms with Crippen LogP contribution < -0.4 is 15.3 Å². The lowest BCUT2D eigenvalue weighted by molar-refractivity contribution is 0.415. The predicted molar refractivity (Wildman–Crippen MR) is 113 cm³/mol. The lowest BCUT2D eigenvalue weighted by Gasteiger charge is -2.17. The molecule has 0 bridgehead atoms. The summed E-state index contributed by atoms with van der Waals surface area (Å²) in [7, 11) is 3.17. The van der Waals surface area contributed by atoms with Gasteiger partial charge < -0.3 is 9.30 Å². The van der Waals surface area contributed by atoms with Crippen LogP contribution in [0.1, 0.15) is 12.6 Å². The fourth-order valence-electron chi connectivity index (χ4n) is 3.20. The van der Waals surface area contributed by atoms with E-state index in [2.05, 4.69) is 17.9 Å². The second-order valence-corrected chi connectivity index (χ2v) is 6.13. The summed E-state index contributed by atoms with van der Waals surface area (Å²) < 4.78 is 6.72. The van der Waals surface area contributed by atoms with Gasteiger partial charge in [-0.1, -0.05) is 18.2 Å². The summed E-state index contributed by atoms with van der Waals surface area (Å²) in [5.74, 6) is 0.616. The van der Waals surface area contributed by atoms with Crippen LogP contribution in [0.5, 0.6) is 5.75 Å². The molecule has 6 nitrogen and oxygen atoms in total. The average Bonchev–Trinajstić information content (AvgIpc) is 2.73. The Morgan fingerprint density at radius 1 is 1.25 bits per heavy atom. The topological polar surface area (TPSA) is 70.6 Å². The van der Waals surface area contributed by atoms with Crippen LogP contribution in [0.3, 0.4) is 0 Å². The van der Waals surface area contributed by atoms with E-state index in [1.165, 1.54) is 4.57 Å². The number of benzene rings is 2. The molecule has 0 saturated carbocycles. The summed E-state index contributed by atoms with van der Waals surface area (Å²) in [5.41, 5.74) is 2.31. The molecule has 28 heavy (non-hydrogen) atoms. The number of rotatable bonds is 5. The Morgan fingerprint density at radius 3 is 2.68 bits per heavy atom. The Hall–Kier alpha value is -3.85. The molecule has 0 aliphatic carbocycles. The molecular formula is C22H20N4O2. The largest absolute Gasteiger partial charge is 0.497 e. The summed E-state index contributed by atoms with van der Waals surface area (Å²) in [6, 6.07) is 15.0. The normalized spacial score (nSPS) is 10.8. The van der Waals surface area contributed by atoms with Gasteiger partial charge in [0.05, 0.1) is 12.8 Å². The van der Waals surface area contributed by atoms with Crippen LogP contribution in [0, 0.1) is 11.3 Å². The molecule has 0 saturated heterocycles. The minimum atomic E-state index is -0.225. The highest BCUT2D eigenvalue weighted by Crippen LogP contribution is 2.34. The standard InChI is InChI=1S/C22H20N4O2/c1-5-11-26(24-2)16-8-6-7-15(12-16)21-19-13-17(28-4)9-10-18(19)22(27)25(3)20(21)14-23/h5-13H,2H2,1,3-4H3/b11-5-. The van der Waals surface area contributed by atoms with Gasteiger partial charge in [-0.05, 0) is 42.8 Å². The number of methoxy groups -OCH3 is 1. The van der Waals surface area contributed by atoms with Crippen molar-refractivity contribution in [3.63, 3.8) is 0 Å². The zero-order valence-electron chi connectivity index (χ0n) is 16.0. The van der Waals surface area contributed by atoms with Crippen molar-refractivity contribution in [2.45, 2.75) is 6.92 Å². The van der Waals surface area contributed by atoms with Crippen molar-refractivity contribution in [2.24, 2.45) is 12.1 Å². The second kappa shape index (κ2) is 7.80. The van der Waals surface area contributed by atoms with Crippen LogP contribution in [-0.4, -0.2) is 18.4 Å². The maximum absolute atomic E-state index is 12.7. The van der Waals surface area contributed by atoms with Gasteiger partial charge in [0.1, 0.15) is 17.5 Å². The molecular weight excluding hydrogens is 352 g/mol. The molecule has 0 unspecified atom stereocenters. The summed E-state index contributed by atoms with van der Waals surface area (Å²) in [6.07, 6.45) is 3.65. The van der Waals surface area contributed by atoms with E-state index in [0.29, 0.717) is 22.1 Å². The van der Waals surface area contributed by atoms with Crippen molar-refractivity contribution >= 4 is 23.2 Å². The molecule has 0 spiro atoms. The first kappa shape index (κ1) is 18.9. The Kier molecular flexibility index (Phi) is 5.28. The van der Waals surface area contributed by atoms with E-state index in [4.69, 9.17) is 4.74 Å². The van der Waals surface area contributed by atoms with Crippen LogP contribution in [0.4, 0.5) is 5.69 Å². The van der Waals surface area contributed by atoms with Crippen molar-refractivity contribution in [1.29, 1.82) is 5.26 Å². The van der Waals surface area contributed by atoms with Gasteiger partial charge in [-0.3, -0.25) is 4.79 Å². The summed E-state index contributed by atoms with van der Waals surface area (Å²) in [6.45, 7) is 5.49. The van der Waals surface area contributed by atoms with Crippen LogP contribution >= 0.6 is 0 Å². The van der Waals surface area contributed by atoms with Crippen molar-refractivity contribution in [2.75, 3.05) is 12.1 Å². The lowest BCUT2D eigenvalue weighted by atomic mass is 9.96. The third kappa shape index (κ3) is 3.14. The van der Waals surface area contributed by atoms with Crippen LogP contribution in [0.25, 0.3) is 21.9 Å². The van der Waals surface area contributed by atoms with Crippen molar-refractivity contribution in [3.05, 3.63) is 70.8 Å². The molecule has 6 heteroatoms. The number of fused-ring (bicyclic) bond motifs is 1. The zero-order valence-corrected chi connectivity index (χ0v) is 16.0. The minimum Gasteiger partial charge on any atom is -0.497 e. The smallest absolute Gasteiger partial charge is 0.259 e. The molecule has 0 fully saturated rings. The Morgan fingerprint density at radius 2 is 2.04 bits per heavy atom. The fraction of sp³-hybridized carbons (Fsp3) is 0.136. The second-order valence-electron chi connectivity index (χ2n) is 6.13. The van der Waals surface area contributed by atoms with Gasteiger partial charge in [-0.25, -0.2) is 5.01 Å². The molecule has 1 aromatic heterocycles. The summed E-state index contributed by atoms with van der Waals surface area (Å²) >= 11 is 0. The van der Waals surface area contributed by atoms with E-state index in [1.54, 1.807) is 43.6 Å². The number of anilines is 1. The van der Waals surface area contributed by atoms with Gasteiger partial charge in [0.2, 0.25) is 0 Å². The quantitative estimate of drug-likeness (QED) is 0.501. The number of hydrogen-bond acceptors (Lipinski definition) is 5. The molecule has 0 aliphatic rings. The number of nitrogens with zero attached hydrogens (tertiary/aromatic N) is 4. The number of hydrogen-bond donors (Lipinski definition) is 0. The highest BCUT2D eigenvalue weighted by atomic mass is 16.5. The molecule has 0 aliphatic heterocycles. The molecule has 2 aromatic carbocycles. The van der Waals surface area contributed by atoms with Gasteiger partial charge in [0, 0.05) is 36.3 Å². The van der Waals surface area contributed by atoms with E-state index in [0.717, 1.165) is 11.3 Å². The molecule has 0 amide bonds. The van der Waals surface area contributed by atoms with E-state index < -0.39 is 0 Å². The first-order valence-corrected chi connectivity index (χ1v) is 8.65. The Labute approximate surface area is 163 Å². The number of allylic oxidation sites excluding steroid dienone is 1. The average molecular weight is 372 g/mol. The lowest BCUT2D eigenvalue weighted by Crippen LogP contribution is -2.20. The molecule has 3 aromatic rings. The summed E-state index contributed by atoms with van der Waals surface area (Å²) in [5, 5.41) is 16.6. The highest BCUT2D eigenvalue weighted by Gasteiger charge is 2.18. The van der Waals surface area contributed by atoms with Gasteiger partial charge in [0.25, 0.3) is 5.56 Å². The van der Waals surface area contributed by atoms with Gasteiger partial charge >= 0.3 is 0 Å². The van der Waals surface area contributed by atoms with E-state index in [-0.39, 0.29) is 11.3 Å². The van der Waals surface area contributed by atoms with Crippen LogP contribution in [0.2, 0.25) is 0 Å². The van der Waals surface area contributed by atoms with Crippen molar-refractivity contribution in [3.8, 4) is 22.9 Å². The number of ether oxygens (including phenoxy) is 1. The number of hydrazone groups is 1. The molecule has 1 heterocycles. The van der Waals surface area contributed by atoms with Crippen LogP contribution in [-0.2, 0) is 7.05 Å². The van der Waals surface area contributed by atoms with E-state index in [1.807, 2.05) is 37.3 Å². The van der Waals surface area contributed by atoms with Gasteiger partial charge in [-0.2, -0.15) is 10.4 Å². The number of pyridine rings is 1. The SMILES string of the molecule is C=NN(/C=C\C)c1cccc(-c2c(C#N)n(C)c(=O)c3ccc(OC)cc23)c1. The third-order valence-electron chi connectivity index (χ3n) is 4.55. The molecule has 3 rings (SSSR count). The first-order valence-electron chi connectivity index (χ1n) is 8.65. The molecule has 140 valence electrons. The molecule has 0 atom stereocenters. The van der Waals surface area contributed by atoms with Gasteiger partial charge in [-0.15, -0.1) is 0 Å². The number of nitriles is 1. The molecule has 0 N–H and O–H groups in total.